The second-order valence-electron chi connectivity index (χ2n) is 7.68. The quantitative estimate of drug-likeness (QED) is 0.658. The first kappa shape index (κ1) is 23.7. The highest BCUT2D eigenvalue weighted by Crippen LogP contribution is 2.24. The summed E-state index contributed by atoms with van der Waals surface area (Å²) in [6.07, 6.45) is 0. The van der Waals surface area contributed by atoms with Crippen LogP contribution in [0.4, 0.5) is 5.69 Å². The van der Waals surface area contributed by atoms with Gasteiger partial charge >= 0.3 is 0 Å². The molecule has 30 heavy (non-hydrogen) atoms. The number of amides is 1. The van der Waals surface area contributed by atoms with Crippen LogP contribution in [0.5, 0.6) is 5.75 Å². The SMILES string of the molecule is COc1ccc(N(C)S(=O)(=O)c2cccc(C(=O)NCC(C(C)C)N(C)C)c2)cc1. The van der Waals surface area contributed by atoms with Crippen molar-refractivity contribution >= 4 is 21.6 Å². The van der Waals surface area contributed by atoms with Gasteiger partial charge in [-0.1, -0.05) is 19.9 Å². The Morgan fingerprint density at radius 2 is 1.70 bits per heavy atom. The average Bonchev–Trinajstić information content (AvgIpc) is 2.72. The van der Waals surface area contributed by atoms with E-state index in [-0.39, 0.29) is 16.8 Å². The van der Waals surface area contributed by atoms with Gasteiger partial charge in [0.05, 0.1) is 17.7 Å². The first-order valence-electron chi connectivity index (χ1n) is 9.75. The Morgan fingerprint density at radius 1 is 1.07 bits per heavy atom. The fourth-order valence-electron chi connectivity index (χ4n) is 3.20. The van der Waals surface area contributed by atoms with Crippen LogP contribution in [0.1, 0.15) is 24.2 Å². The van der Waals surface area contributed by atoms with Gasteiger partial charge < -0.3 is 15.0 Å². The number of nitrogens with one attached hydrogen (secondary N) is 1. The van der Waals surface area contributed by atoms with Crippen LogP contribution in [0.3, 0.4) is 0 Å². The van der Waals surface area contributed by atoms with Crippen molar-refractivity contribution in [2.24, 2.45) is 5.92 Å². The molecule has 0 aliphatic rings. The van der Waals surface area contributed by atoms with E-state index in [1.54, 1.807) is 43.5 Å². The summed E-state index contributed by atoms with van der Waals surface area (Å²) in [5, 5.41) is 2.91. The van der Waals surface area contributed by atoms with Crippen molar-refractivity contribution in [3.8, 4) is 5.75 Å². The van der Waals surface area contributed by atoms with E-state index < -0.39 is 10.0 Å². The molecule has 1 unspecified atom stereocenters. The molecule has 1 amide bonds. The molecule has 0 saturated heterocycles. The standard InChI is InChI=1S/C22H31N3O4S/c1-16(2)21(24(3)4)15-23-22(26)17-8-7-9-20(14-17)30(27,28)25(5)18-10-12-19(29-6)13-11-18/h7-14,16,21H,15H2,1-6H3,(H,23,26). The smallest absolute Gasteiger partial charge is 0.264 e. The summed E-state index contributed by atoms with van der Waals surface area (Å²) in [5.41, 5.74) is 0.803. The second kappa shape index (κ2) is 9.95. The number of benzene rings is 2. The van der Waals surface area contributed by atoms with Crippen molar-refractivity contribution < 1.29 is 17.9 Å². The molecule has 1 N–H and O–H groups in total. The Morgan fingerprint density at radius 3 is 2.23 bits per heavy atom. The lowest BCUT2D eigenvalue weighted by molar-refractivity contribution is 0.0934. The third-order valence-electron chi connectivity index (χ3n) is 5.10. The maximum Gasteiger partial charge on any atom is 0.264 e. The number of methoxy groups -OCH3 is 1. The molecule has 8 heteroatoms. The normalized spacial score (nSPS) is 12.7. The lowest BCUT2D eigenvalue weighted by Gasteiger charge is -2.28. The molecule has 2 aromatic rings. The zero-order chi connectivity index (χ0) is 22.5. The Kier molecular flexibility index (Phi) is 7.86. The second-order valence-corrected chi connectivity index (χ2v) is 9.65. The van der Waals surface area contributed by atoms with Crippen LogP contribution < -0.4 is 14.4 Å². The minimum atomic E-state index is -3.82. The number of likely N-dealkylation sites (N-methyl/N-ethyl adjacent to an activating group) is 1. The molecule has 2 rings (SSSR count). The van der Waals surface area contributed by atoms with Gasteiger partial charge in [-0.2, -0.15) is 0 Å². The first-order chi connectivity index (χ1) is 14.1. The lowest BCUT2D eigenvalue weighted by atomic mass is 10.0. The third kappa shape index (κ3) is 5.52. The van der Waals surface area contributed by atoms with Crippen molar-refractivity contribution in [1.82, 2.24) is 10.2 Å². The van der Waals surface area contributed by atoms with Crippen molar-refractivity contribution in [3.05, 3.63) is 54.1 Å². The fraction of sp³-hybridized carbons (Fsp3) is 0.409. The zero-order valence-corrected chi connectivity index (χ0v) is 19.2. The fourth-order valence-corrected chi connectivity index (χ4v) is 4.44. The summed E-state index contributed by atoms with van der Waals surface area (Å²) in [4.78, 5) is 14.8. The van der Waals surface area contributed by atoms with Crippen molar-refractivity contribution in [3.63, 3.8) is 0 Å². The Balaban J connectivity index is 2.21. The summed E-state index contributed by atoms with van der Waals surface area (Å²) in [7, 11) is 3.15. The molecule has 0 heterocycles. The predicted octanol–water partition coefficient (Wildman–Crippen LogP) is 2.84. The molecular formula is C22H31N3O4S. The van der Waals surface area contributed by atoms with Gasteiger partial charge in [-0.05, 0) is 62.5 Å². The van der Waals surface area contributed by atoms with E-state index in [1.165, 1.54) is 23.5 Å². The molecule has 0 aliphatic heterocycles. The summed E-state index contributed by atoms with van der Waals surface area (Å²) >= 11 is 0. The van der Waals surface area contributed by atoms with Gasteiger partial charge in [0.25, 0.3) is 15.9 Å². The highest BCUT2D eigenvalue weighted by molar-refractivity contribution is 7.92. The molecule has 2 aromatic carbocycles. The number of sulfonamides is 1. The lowest BCUT2D eigenvalue weighted by Crippen LogP contribution is -2.43. The number of nitrogens with zero attached hydrogens (tertiary/aromatic N) is 2. The maximum absolute atomic E-state index is 13.1. The number of rotatable bonds is 9. The highest BCUT2D eigenvalue weighted by Gasteiger charge is 2.23. The van der Waals surface area contributed by atoms with E-state index in [0.717, 1.165) is 0 Å². The Labute approximate surface area is 179 Å². The largest absolute Gasteiger partial charge is 0.497 e. The van der Waals surface area contributed by atoms with Crippen molar-refractivity contribution in [2.75, 3.05) is 39.1 Å². The summed E-state index contributed by atoms with van der Waals surface area (Å²) in [6.45, 7) is 4.67. The van der Waals surface area contributed by atoms with Gasteiger partial charge in [0.2, 0.25) is 0 Å². The van der Waals surface area contributed by atoms with Crippen LogP contribution in [0.2, 0.25) is 0 Å². The monoisotopic (exact) mass is 433 g/mol. The van der Waals surface area contributed by atoms with Crippen LogP contribution in [-0.4, -0.2) is 60.1 Å². The molecule has 0 spiro atoms. The molecule has 0 aromatic heterocycles. The van der Waals surface area contributed by atoms with Crippen LogP contribution in [-0.2, 0) is 10.0 Å². The van der Waals surface area contributed by atoms with E-state index in [4.69, 9.17) is 4.74 Å². The van der Waals surface area contributed by atoms with E-state index >= 15 is 0 Å². The predicted molar refractivity (Wildman–Crippen MR) is 120 cm³/mol. The minimum absolute atomic E-state index is 0.0569. The molecule has 1 atom stereocenters. The van der Waals surface area contributed by atoms with Gasteiger partial charge in [0.15, 0.2) is 0 Å². The van der Waals surface area contributed by atoms with Crippen molar-refractivity contribution in [2.45, 2.75) is 24.8 Å². The van der Waals surface area contributed by atoms with Gasteiger partial charge in [-0.25, -0.2) is 8.42 Å². The van der Waals surface area contributed by atoms with Crippen molar-refractivity contribution in [1.29, 1.82) is 0 Å². The minimum Gasteiger partial charge on any atom is -0.497 e. The molecule has 0 aliphatic carbocycles. The number of ether oxygens (including phenoxy) is 1. The maximum atomic E-state index is 13.1. The van der Waals surface area contributed by atoms with E-state index in [9.17, 15) is 13.2 Å². The first-order valence-corrected chi connectivity index (χ1v) is 11.2. The van der Waals surface area contributed by atoms with Crippen LogP contribution >= 0.6 is 0 Å². The van der Waals surface area contributed by atoms with Gasteiger partial charge in [0, 0.05) is 25.2 Å². The number of anilines is 1. The molecule has 0 fully saturated rings. The summed E-state index contributed by atoms with van der Waals surface area (Å²) in [6, 6.07) is 13.0. The van der Waals surface area contributed by atoms with E-state index in [2.05, 4.69) is 24.1 Å². The molecular weight excluding hydrogens is 402 g/mol. The van der Waals surface area contributed by atoms with E-state index in [1.807, 2.05) is 14.1 Å². The summed E-state index contributed by atoms with van der Waals surface area (Å²) < 4.78 is 32.4. The van der Waals surface area contributed by atoms with Crippen LogP contribution in [0, 0.1) is 5.92 Å². The molecule has 0 saturated carbocycles. The topological polar surface area (TPSA) is 78.9 Å². The number of carbonyl (C=O) groups is 1. The van der Waals surface area contributed by atoms with Gasteiger partial charge in [-0.15, -0.1) is 0 Å². The van der Waals surface area contributed by atoms with Gasteiger partial charge in [0.1, 0.15) is 5.75 Å². The van der Waals surface area contributed by atoms with Gasteiger partial charge in [-0.3, -0.25) is 9.10 Å². The zero-order valence-electron chi connectivity index (χ0n) is 18.4. The molecule has 0 bridgehead atoms. The molecule has 164 valence electrons. The highest BCUT2D eigenvalue weighted by atomic mass is 32.2. The number of hydrogen-bond donors (Lipinski definition) is 1. The molecule has 7 nitrogen and oxygen atoms in total. The Bertz CT molecular complexity index is 949. The third-order valence-corrected chi connectivity index (χ3v) is 6.88. The van der Waals surface area contributed by atoms with Crippen LogP contribution in [0.15, 0.2) is 53.4 Å². The summed E-state index contributed by atoms with van der Waals surface area (Å²) in [5.74, 6) is 0.706. The molecule has 0 radical (unpaired) electrons. The Hall–Kier alpha value is -2.58. The van der Waals surface area contributed by atoms with Crippen LogP contribution in [0.25, 0.3) is 0 Å². The number of carbonyl (C=O) groups excluding carboxylic acids is 1. The number of hydrogen-bond acceptors (Lipinski definition) is 5. The van der Waals surface area contributed by atoms with E-state index in [0.29, 0.717) is 29.5 Å². The average molecular weight is 434 g/mol.